The first-order valence-corrected chi connectivity index (χ1v) is 12.6. The number of nitrogens with one attached hydrogen (secondary N) is 2. The Morgan fingerprint density at radius 3 is 2.24 bits per heavy atom. The van der Waals surface area contributed by atoms with E-state index in [1.165, 1.54) is 0 Å². The minimum Gasteiger partial charge on any atom is -0.444 e. The molecular weight excluding hydrogens is 490 g/mol. The monoisotopic (exact) mass is 525 g/mol. The van der Waals surface area contributed by atoms with Gasteiger partial charge >= 0.3 is 6.09 Å². The zero-order valence-electron chi connectivity index (χ0n) is 22.5. The van der Waals surface area contributed by atoms with Gasteiger partial charge in [0.05, 0.1) is 10.7 Å². The maximum absolute atomic E-state index is 13.9. The number of ether oxygens (including phenoxy) is 1. The molecule has 0 aliphatic heterocycles. The summed E-state index contributed by atoms with van der Waals surface area (Å²) >= 11 is 6.36. The number of hydrogen-bond donors (Lipinski definition) is 2. The summed E-state index contributed by atoms with van der Waals surface area (Å²) in [7, 11) is 0. The highest BCUT2D eigenvalue weighted by atomic mass is 35.5. The smallest absolute Gasteiger partial charge is 0.408 e. The average molecular weight is 526 g/mol. The van der Waals surface area contributed by atoms with E-state index in [0.717, 1.165) is 16.0 Å². The maximum atomic E-state index is 13.9. The van der Waals surface area contributed by atoms with Crippen LogP contribution in [0.2, 0.25) is 5.02 Å². The molecule has 0 saturated heterocycles. The van der Waals surface area contributed by atoms with Gasteiger partial charge in [0.15, 0.2) is 0 Å². The lowest BCUT2D eigenvalue weighted by molar-refractivity contribution is -0.137. The molecule has 3 unspecified atom stereocenters. The summed E-state index contributed by atoms with van der Waals surface area (Å²) in [4.78, 5) is 41.3. The van der Waals surface area contributed by atoms with Crippen molar-refractivity contribution in [3.63, 3.8) is 0 Å². The Kier molecular flexibility index (Phi) is 10.2. The van der Waals surface area contributed by atoms with Crippen molar-refractivity contribution in [1.29, 1.82) is 0 Å². The van der Waals surface area contributed by atoms with Crippen LogP contribution in [0.1, 0.15) is 63.8 Å². The molecule has 8 heteroatoms. The highest BCUT2D eigenvalue weighted by Crippen LogP contribution is 2.30. The molecule has 0 radical (unpaired) electrons. The van der Waals surface area contributed by atoms with Gasteiger partial charge in [0.25, 0.3) is 11.8 Å². The number of halogens is 1. The predicted octanol–water partition coefficient (Wildman–Crippen LogP) is 6.00. The molecule has 0 fully saturated rings. The van der Waals surface area contributed by atoms with Gasteiger partial charge in [-0.2, -0.15) is 0 Å². The fraction of sp³-hybridized carbons (Fsp3) is 0.414. The van der Waals surface area contributed by atoms with E-state index >= 15 is 0 Å². The second-order valence-electron chi connectivity index (χ2n) is 10.0. The summed E-state index contributed by atoms with van der Waals surface area (Å²) in [5.41, 5.74) is 1.76. The van der Waals surface area contributed by atoms with Crippen LogP contribution in [0.3, 0.4) is 0 Å². The quantitative estimate of drug-likeness (QED) is 0.327. The first kappa shape index (κ1) is 29.7. The minimum absolute atomic E-state index is 0.290. The van der Waals surface area contributed by atoms with Crippen molar-refractivity contribution in [3.8, 4) is 12.5 Å². The first-order valence-electron chi connectivity index (χ1n) is 12.2. The van der Waals surface area contributed by atoms with Gasteiger partial charge in [-0.25, -0.2) is 4.79 Å². The molecule has 3 atom stereocenters. The highest BCUT2D eigenvalue weighted by molar-refractivity contribution is 6.34. The number of carbonyl (C=O) groups is 3. The SMILES string of the molecule is C#CN(C(=O)C(NC(=O)OC(C)(C)C)C(C)CC)C(C(=O)Nc1c(C)cccc1Cl)c1ccccc1C. The summed E-state index contributed by atoms with van der Waals surface area (Å²) in [6.45, 7) is 12.6. The topological polar surface area (TPSA) is 87.7 Å². The van der Waals surface area contributed by atoms with Crippen LogP contribution >= 0.6 is 11.6 Å². The molecule has 0 saturated carbocycles. The van der Waals surface area contributed by atoms with Gasteiger partial charge in [0, 0.05) is 6.04 Å². The van der Waals surface area contributed by atoms with Crippen molar-refractivity contribution in [1.82, 2.24) is 10.2 Å². The van der Waals surface area contributed by atoms with E-state index in [1.54, 1.807) is 45.0 Å². The van der Waals surface area contributed by atoms with Gasteiger partial charge < -0.3 is 15.4 Å². The van der Waals surface area contributed by atoms with Crippen LogP contribution in [0.15, 0.2) is 42.5 Å². The van der Waals surface area contributed by atoms with Crippen LogP contribution in [0, 0.1) is 32.2 Å². The zero-order valence-corrected chi connectivity index (χ0v) is 23.3. The molecule has 0 aromatic heterocycles. The first-order chi connectivity index (χ1) is 17.3. The highest BCUT2D eigenvalue weighted by Gasteiger charge is 2.38. The molecule has 2 aromatic carbocycles. The van der Waals surface area contributed by atoms with Crippen molar-refractivity contribution in [2.24, 2.45) is 5.92 Å². The van der Waals surface area contributed by atoms with Gasteiger partial charge in [-0.3, -0.25) is 14.5 Å². The summed E-state index contributed by atoms with van der Waals surface area (Å²) in [5, 5.41) is 5.88. The third kappa shape index (κ3) is 7.74. The molecule has 0 heterocycles. The van der Waals surface area contributed by atoms with Gasteiger partial charge in [-0.05, 0) is 63.3 Å². The van der Waals surface area contributed by atoms with E-state index in [9.17, 15) is 14.4 Å². The van der Waals surface area contributed by atoms with E-state index < -0.39 is 35.6 Å². The molecule has 2 N–H and O–H groups in total. The average Bonchev–Trinajstić information content (AvgIpc) is 2.82. The van der Waals surface area contributed by atoms with Crippen molar-refractivity contribution in [2.45, 2.75) is 72.6 Å². The number of hydrogen-bond acceptors (Lipinski definition) is 4. The number of aryl methyl sites for hydroxylation is 2. The number of amides is 3. The Hall–Kier alpha value is -3.50. The Labute approximate surface area is 224 Å². The lowest BCUT2D eigenvalue weighted by Gasteiger charge is -2.33. The van der Waals surface area contributed by atoms with Crippen molar-refractivity contribution in [3.05, 3.63) is 64.2 Å². The fourth-order valence-electron chi connectivity index (χ4n) is 3.81. The Balaban J connectivity index is 2.54. The lowest BCUT2D eigenvalue weighted by Crippen LogP contribution is -2.53. The minimum atomic E-state index is -1.18. The Morgan fingerprint density at radius 2 is 1.70 bits per heavy atom. The molecule has 7 nitrogen and oxygen atoms in total. The van der Waals surface area contributed by atoms with Gasteiger partial charge in [-0.15, -0.1) is 0 Å². The standard InChI is InChI=1S/C29H36ClN3O4/c1-9-18(3)24(32-28(36)37-29(6,7)8)27(35)33(10-2)25(21-16-12-11-14-19(21)4)26(34)31-23-20(5)15-13-17-22(23)30/h2,11-18,24-25H,9H2,1,3-8H3,(H,31,34)(H,32,36). The van der Waals surface area contributed by atoms with Gasteiger partial charge in [-0.1, -0.05) is 74.7 Å². The number of rotatable bonds is 8. The number of carbonyl (C=O) groups excluding carboxylic acids is 3. The van der Waals surface area contributed by atoms with E-state index in [1.807, 2.05) is 45.9 Å². The molecule has 2 aromatic rings. The van der Waals surface area contributed by atoms with Crippen LogP contribution in [-0.4, -0.2) is 34.5 Å². The van der Waals surface area contributed by atoms with Crippen molar-refractivity contribution < 1.29 is 19.1 Å². The van der Waals surface area contributed by atoms with Crippen LogP contribution in [0.4, 0.5) is 10.5 Å². The molecule has 198 valence electrons. The second kappa shape index (κ2) is 12.6. The van der Waals surface area contributed by atoms with E-state index in [-0.39, 0.29) is 5.92 Å². The number of alkyl carbamates (subject to hydrolysis) is 1. The number of nitrogens with zero attached hydrogens (tertiary/aromatic N) is 1. The third-order valence-corrected chi connectivity index (χ3v) is 6.30. The summed E-state index contributed by atoms with van der Waals surface area (Å²) in [6, 6.07) is 12.7. The van der Waals surface area contributed by atoms with Crippen molar-refractivity contribution >= 4 is 35.2 Å². The third-order valence-electron chi connectivity index (χ3n) is 5.99. The number of benzene rings is 2. The molecule has 0 aliphatic carbocycles. The van der Waals surface area contributed by atoms with Crippen LogP contribution in [-0.2, 0) is 14.3 Å². The van der Waals surface area contributed by atoms with E-state index in [0.29, 0.717) is 22.7 Å². The number of anilines is 1. The van der Waals surface area contributed by atoms with Crippen LogP contribution in [0.25, 0.3) is 0 Å². The van der Waals surface area contributed by atoms with Crippen molar-refractivity contribution in [2.75, 3.05) is 5.32 Å². The fourth-order valence-corrected chi connectivity index (χ4v) is 4.07. The molecule has 2 rings (SSSR count). The normalized spacial score (nSPS) is 13.5. The van der Waals surface area contributed by atoms with E-state index in [2.05, 4.69) is 16.7 Å². The largest absolute Gasteiger partial charge is 0.444 e. The number of para-hydroxylation sites is 1. The zero-order chi connectivity index (χ0) is 27.9. The molecular formula is C29H36ClN3O4. The molecule has 0 aliphatic rings. The van der Waals surface area contributed by atoms with Crippen LogP contribution in [0.5, 0.6) is 0 Å². The Bertz CT molecular complexity index is 1160. The Morgan fingerprint density at radius 1 is 1.08 bits per heavy atom. The number of terminal acetylenes is 1. The van der Waals surface area contributed by atoms with Gasteiger partial charge in [0.1, 0.15) is 17.7 Å². The second-order valence-corrected chi connectivity index (χ2v) is 10.4. The molecule has 0 spiro atoms. The molecule has 37 heavy (non-hydrogen) atoms. The summed E-state index contributed by atoms with van der Waals surface area (Å²) in [5.74, 6) is -1.42. The molecule has 3 amide bonds. The lowest BCUT2D eigenvalue weighted by atomic mass is 9.94. The molecule has 0 bridgehead atoms. The maximum Gasteiger partial charge on any atom is 0.408 e. The summed E-state index contributed by atoms with van der Waals surface area (Å²) < 4.78 is 5.38. The predicted molar refractivity (Wildman–Crippen MR) is 147 cm³/mol. The summed E-state index contributed by atoms with van der Waals surface area (Å²) in [6.07, 6.45) is 5.70. The van der Waals surface area contributed by atoms with E-state index in [4.69, 9.17) is 22.8 Å². The van der Waals surface area contributed by atoms with Gasteiger partial charge in [0.2, 0.25) is 0 Å². The van der Waals surface area contributed by atoms with Crippen LogP contribution < -0.4 is 10.6 Å².